The van der Waals surface area contributed by atoms with Crippen LogP contribution in [0.15, 0.2) is 18.2 Å². The number of anilines is 1. The van der Waals surface area contributed by atoms with Gasteiger partial charge in [0.25, 0.3) is 0 Å². The van der Waals surface area contributed by atoms with Crippen molar-refractivity contribution in [3.63, 3.8) is 0 Å². The number of phenolic OH excluding ortho intramolecular Hbond substituents is 1. The highest BCUT2D eigenvalue weighted by molar-refractivity contribution is 7.99. The number of benzene rings is 1. The second-order valence-corrected chi connectivity index (χ2v) is 4.21. The normalized spacial score (nSPS) is 12.2. The summed E-state index contributed by atoms with van der Waals surface area (Å²) in [5.74, 6) is -0.902. The summed E-state index contributed by atoms with van der Waals surface area (Å²) in [5.41, 5.74) is 0.0981. The van der Waals surface area contributed by atoms with E-state index >= 15 is 0 Å². The molecule has 0 radical (unpaired) electrons. The van der Waals surface area contributed by atoms with Crippen LogP contribution in [0.25, 0.3) is 0 Å². The molecule has 15 heavy (non-hydrogen) atoms. The van der Waals surface area contributed by atoms with Crippen molar-refractivity contribution in [1.82, 2.24) is 0 Å². The molecule has 1 aromatic carbocycles. The van der Waals surface area contributed by atoms with Crippen molar-refractivity contribution in [3.05, 3.63) is 24.0 Å². The third-order valence-electron chi connectivity index (χ3n) is 1.94. The summed E-state index contributed by atoms with van der Waals surface area (Å²) in [6, 6.07) is 3.41. The molecule has 2 N–H and O–H groups in total. The highest BCUT2D eigenvalue weighted by Gasteiger charge is 2.13. The monoisotopic (exact) mass is 229 g/mol. The summed E-state index contributed by atoms with van der Waals surface area (Å²) < 4.78 is 12.8. The van der Waals surface area contributed by atoms with E-state index in [9.17, 15) is 14.3 Å². The third kappa shape index (κ3) is 3.13. The fourth-order valence-corrected chi connectivity index (χ4v) is 1.22. The fourth-order valence-electron chi connectivity index (χ4n) is 0.950. The van der Waals surface area contributed by atoms with Gasteiger partial charge in [0, 0.05) is 6.07 Å². The van der Waals surface area contributed by atoms with Crippen molar-refractivity contribution in [2.24, 2.45) is 0 Å². The molecule has 3 nitrogen and oxygen atoms in total. The first kappa shape index (κ1) is 11.8. The lowest BCUT2D eigenvalue weighted by Gasteiger charge is -2.10. The summed E-state index contributed by atoms with van der Waals surface area (Å²) >= 11 is 1.37. The van der Waals surface area contributed by atoms with Crippen LogP contribution in [0.3, 0.4) is 0 Å². The summed E-state index contributed by atoms with van der Waals surface area (Å²) in [5, 5.41) is 11.6. The van der Waals surface area contributed by atoms with Crippen LogP contribution in [0.5, 0.6) is 5.75 Å². The molecule has 82 valence electrons. The molecule has 0 heterocycles. The third-order valence-corrected chi connectivity index (χ3v) is 2.86. The van der Waals surface area contributed by atoms with Gasteiger partial charge in [0.1, 0.15) is 11.6 Å². The van der Waals surface area contributed by atoms with Crippen molar-refractivity contribution in [3.8, 4) is 5.75 Å². The number of rotatable bonds is 3. The molecule has 0 bridgehead atoms. The van der Waals surface area contributed by atoms with E-state index in [1.54, 1.807) is 13.2 Å². The molecule has 1 unspecified atom stereocenters. The van der Waals surface area contributed by atoms with E-state index in [0.717, 1.165) is 12.1 Å². The summed E-state index contributed by atoms with van der Waals surface area (Å²) in [6.45, 7) is 1.73. The van der Waals surface area contributed by atoms with Crippen molar-refractivity contribution >= 4 is 23.4 Å². The number of carbonyl (C=O) groups is 1. The van der Waals surface area contributed by atoms with Crippen LogP contribution < -0.4 is 5.32 Å². The van der Waals surface area contributed by atoms with Gasteiger partial charge in [-0.15, -0.1) is 0 Å². The Bertz CT molecular complexity index is 370. The van der Waals surface area contributed by atoms with Crippen molar-refractivity contribution < 1.29 is 14.3 Å². The molecule has 0 aliphatic rings. The molecule has 1 amide bonds. The molecule has 1 rings (SSSR count). The lowest BCUT2D eigenvalue weighted by molar-refractivity contribution is -0.115. The number of hydrogen-bond donors (Lipinski definition) is 2. The minimum atomic E-state index is -0.500. The van der Waals surface area contributed by atoms with E-state index < -0.39 is 5.82 Å². The van der Waals surface area contributed by atoms with Crippen LogP contribution in [0.1, 0.15) is 6.92 Å². The minimum Gasteiger partial charge on any atom is -0.506 e. The zero-order valence-corrected chi connectivity index (χ0v) is 9.27. The van der Waals surface area contributed by atoms with Gasteiger partial charge in [0.15, 0.2) is 0 Å². The number of thioether (sulfide) groups is 1. The number of amides is 1. The van der Waals surface area contributed by atoms with Gasteiger partial charge in [0.05, 0.1) is 10.9 Å². The first-order valence-electron chi connectivity index (χ1n) is 4.36. The zero-order valence-electron chi connectivity index (χ0n) is 8.45. The van der Waals surface area contributed by atoms with Gasteiger partial charge < -0.3 is 10.4 Å². The summed E-state index contributed by atoms with van der Waals surface area (Å²) in [6.07, 6.45) is 1.80. The lowest BCUT2D eigenvalue weighted by Crippen LogP contribution is -2.22. The number of phenols is 1. The average Bonchev–Trinajstić information content (AvgIpc) is 2.22. The van der Waals surface area contributed by atoms with Crippen LogP contribution in [-0.4, -0.2) is 22.5 Å². The summed E-state index contributed by atoms with van der Waals surface area (Å²) in [7, 11) is 0. The highest BCUT2D eigenvalue weighted by Crippen LogP contribution is 2.24. The van der Waals surface area contributed by atoms with E-state index in [4.69, 9.17) is 0 Å². The van der Waals surface area contributed by atoms with Crippen LogP contribution in [-0.2, 0) is 4.79 Å². The Morgan fingerprint density at radius 3 is 2.87 bits per heavy atom. The maximum atomic E-state index is 12.8. The molecule has 1 atom stereocenters. The molecule has 0 saturated heterocycles. The predicted octanol–water partition coefficient (Wildman–Crippen LogP) is 2.22. The van der Waals surface area contributed by atoms with Gasteiger partial charge in [-0.1, -0.05) is 0 Å². The number of halogens is 1. The molecule has 0 saturated carbocycles. The Balaban J connectivity index is 2.80. The van der Waals surface area contributed by atoms with Crippen LogP contribution in [0.2, 0.25) is 0 Å². The van der Waals surface area contributed by atoms with Gasteiger partial charge in [-0.3, -0.25) is 4.79 Å². The maximum Gasteiger partial charge on any atom is 0.237 e. The molecule has 5 heteroatoms. The van der Waals surface area contributed by atoms with Crippen molar-refractivity contribution in [2.75, 3.05) is 11.6 Å². The van der Waals surface area contributed by atoms with Gasteiger partial charge >= 0.3 is 0 Å². The van der Waals surface area contributed by atoms with E-state index in [-0.39, 0.29) is 22.6 Å². The van der Waals surface area contributed by atoms with E-state index in [1.165, 1.54) is 17.8 Å². The average molecular weight is 229 g/mol. The SMILES string of the molecule is CSC(C)C(=O)Nc1cc(F)ccc1O. The van der Waals surface area contributed by atoms with Crippen LogP contribution in [0.4, 0.5) is 10.1 Å². The van der Waals surface area contributed by atoms with Gasteiger partial charge in [-0.25, -0.2) is 4.39 Å². The maximum absolute atomic E-state index is 12.8. The molecular weight excluding hydrogens is 217 g/mol. The van der Waals surface area contributed by atoms with E-state index in [1.807, 2.05) is 0 Å². The number of nitrogens with one attached hydrogen (secondary N) is 1. The molecule has 0 aliphatic carbocycles. The summed E-state index contributed by atoms with van der Waals surface area (Å²) in [4.78, 5) is 11.4. The molecule has 1 aromatic rings. The molecule has 0 aromatic heterocycles. The Morgan fingerprint density at radius 1 is 1.60 bits per heavy atom. The minimum absolute atomic E-state index is 0.0981. The van der Waals surface area contributed by atoms with E-state index in [0.29, 0.717) is 0 Å². The zero-order chi connectivity index (χ0) is 11.4. The van der Waals surface area contributed by atoms with Crippen molar-refractivity contribution in [1.29, 1.82) is 0 Å². The smallest absolute Gasteiger partial charge is 0.237 e. The molecule has 0 spiro atoms. The fraction of sp³-hybridized carbons (Fsp3) is 0.300. The second-order valence-electron chi connectivity index (χ2n) is 3.03. The quantitative estimate of drug-likeness (QED) is 0.781. The first-order valence-corrected chi connectivity index (χ1v) is 5.65. The topological polar surface area (TPSA) is 49.3 Å². The number of carbonyl (C=O) groups excluding carboxylic acids is 1. The number of hydrogen-bond acceptors (Lipinski definition) is 3. The van der Waals surface area contributed by atoms with Crippen LogP contribution in [0, 0.1) is 5.82 Å². The van der Waals surface area contributed by atoms with Gasteiger partial charge in [-0.05, 0) is 25.3 Å². The lowest BCUT2D eigenvalue weighted by atomic mass is 10.2. The second kappa shape index (κ2) is 5.02. The van der Waals surface area contributed by atoms with Crippen molar-refractivity contribution in [2.45, 2.75) is 12.2 Å². The van der Waals surface area contributed by atoms with Crippen LogP contribution >= 0.6 is 11.8 Å². The Labute approximate surface area is 91.7 Å². The first-order chi connectivity index (χ1) is 7.04. The molecule has 0 aliphatic heterocycles. The Kier molecular flexibility index (Phi) is 3.96. The Hall–Kier alpha value is -1.23. The van der Waals surface area contributed by atoms with Gasteiger partial charge in [0.2, 0.25) is 5.91 Å². The predicted molar refractivity (Wildman–Crippen MR) is 59.7 cm³/mol. The largest absolute Gasteiger partial charge is 0.506 e. The van der Waals surface area contributed by atoms with Gasteiger partial charge in [-0.2, -0.15) is 11.8 Å². The molecular formula is C10H12FNO2S. The molecule has 0 fully saturated rings. The highest BCUT2D eigenvalue weighted by atomic mass is 32.2. The number of aromatic hydroxyl groups is 1. The van der Waals surface area contributed by atoms with E-state index in [2.05, 4.69) is 5.32 Å². The Morgan fingerprint density at radius 2 is 2.27 bits per heavy atom. The standard InChI is InChI=1S/C10H12FNO2S/c1-6(15-2)10(14)12-8-5-7(11)3-4-9(8)13/h3-6,13H,1-2H3,(H,12,14).